The van der Waals surface area contributed by atoms with Crippen LogP contribution in [0.25, 0.3) is 0 Å². The van der Waals surface area contributed by atoms with Gasteiger partial charge in [-0.2, -0.15) is 5.10 Å². The summed E-state index contributed by atoms with van der Waals surface area (Å²) in [6, 6.07) is 10.6. The van der Waals surface area contributed by atoms with E-state index in [0.29, 0.717) is 37.4 Å². The molecule has 2 N–H and O–H groups in total. The van der Waals surface area contributed by atoms with Gasteiger partial charge in [0.1, 0.15) is 0 Å². The van der Waals surface area contributed by atoms with Crippen molar-refractivity contribution < 1.29 is 0 Å². The Morgan fingerprint density at radius 1 is 0.962 bits per heavy atom. The molecule has 0 fully saturated rings. The lowest BCUT2D eigenvalue weighted by Crippen LogP contribution is -2.19. The summed E-state index contributed by atoms with van der Waals surface area (Å²) in [7, 11) is 0. The van der Waals surface area contributed by atoms with Crippen LogP contribution in [0, 0.1) is 0 Å². The molecule has 1 aromatic heterocycles. The van der Waals surface area contributed by atoms with Gasteiger partial charge in [-0.25, -0.2) is 0 Å². The summed E-state index contributed by atoms with van der Waals surface area (Å²) in [6.07, 6.45) is 3.51. The zero-order valence-electron chi connectivity index (χ0n) is 13.1. The Morgan fingerprint density at radius 3 is 2.50 bits per heavy atom. The van der Waals surface area contributed by atoms with E-state index in [1.807, 2.05) is 18.3 Å². The smallest absolute Gasteiger partial charge is 0.175 e. The van der Waals surface area contributed by atoms with Gasteiger partial charge in [0, 0.05) is 11.2 Å². The number of rotatable bonds is 4. The van der Waals surface area contributed by atoms with E-state index >= 15 is 0 Å². The lowest BCUT2D eigenvalue weighted by atomic mass is 10.2. The molecule has 4 nitrogen and oxygen atoms in total. The maximum absolute atomic E-state index is 6.12. The van der Waals surface area contributed by atoms with Crippen LogP contribution in [0.1, 0.15) is 5.56 Å². The van der Waals surface area contributed by atoms with Crippen molar-refractivity contribution in [3.8, 4) is 0 Å². The van der Waals surface area contributed by atoms with E-state index in [9.17, 15) is 0 Å². The van der Waals surface area contributed by atoms with Gasteiger partial charge in [0.05, 0.1) is 39.2 Å². The van der Waals surface area contributed by atoms with Crippen LogP contribution in [0.15, 0.2) is 48.8 Å². The second-order valence-electron chi connectivity index (χ2n) is 5.38. The molecule has 0 aliphatic carbocycles. The van der Waals surface area contributed by atoms with Crippen molar-refractivity contribution in [2.75, 3.05) is 10.6 Å². The highest BCUT2D eigenvalue weighted by Crippen LogP contribution is 2.26. The molecule has 26 heavy (non-hydrogen) atoms. The first-order valence-electron chi connectivity index (χ1n) is 7.40. The number of aromatic nitrogens is 2. The van der Waals surface area contributed by atoms with Gasteiger partial charge in [0.25, 0.3) is 0 Å². The average Bonchev–Trinajstić information content (AvgIpc) is 3.00. The van der Waals surface area contributed by atoms with Crippen molar-refractivity contribution in [3.05, 3.63) is 74.4 Å². The van der Waals surface area contributed by atoms with Crippen LogP contribution in [0.5, 0.6) is 0 Å². The van der Waals surface area contributed by atoms with Gasteiger partial charge in [-0.1, -0.05) is 52.5 Å². The van der Waals surface area contributed by atoms with Gasteiger partial charge >= 0.3 is 0 Å². The number of thiocarbonyl (C=S) groups is 1. The Morgan fingerprint density at radius 2 is 1.77 bits per heavy atom. The molecule has 0 spiro atoms. The van der Waals surface area contributed by atoms with E-state index in [-0.39, 0.29) is 0 Å². The Kier molecular flexibility index (Phi) is 6.27. The predicted molar refractivity (Wildman–Crippen MR) is 114 cm³/mol. The quantitative estimate of drug-likeness (QED) is 0.458. The number of halogens is 4. The lowest BCUT2D eigenvalue weighted by Gasteiger charge is -2.10. The third kappa shape index (κ3) is 5.02. The first-order valence-corrected chi connectivity index (χ1v) is 9.32. The van der Waals surface area contributed by atoms with Crippen molar-refractivity contribution in [1.29, 1.82) is 0 Å². The van der Waals surface area contributed by atoms with Crippen LogP contribution in [0.3, 0.4) is 0 Å². The van der Waals surface area contributed by atoms with Gasteiger partial charge in [0.15, 0.2) is 5.11 Å². The number of benzene rings is 2. The molecule has 0 bridgehead atoms. The molecule has 0 atom stereocenters. The maximum Gasteiger partial charge on any atom is 0.175 e. The average molecular weight is 446 g/mol. The van der Waals surface area contributed by atoms with E-state index in [1.165, 1.54) is 0 Å². The summed E-state index contributed by atoms with van der Waals surface area (Å²) in [6.45, 7) is 0.557. The van der Waals surface area contributed by atoms with Crippen LogP contribution in [-0.4, -0.2) is 14.9 Å². The van der Waals surface area contributed by atoms with Gasteiger partial charge < -0.3 is 10.6 Å². The minimum atomic E-state index is 0.392. The number of anilines is 2. The second-order valence-corrected chi connectivity index (χ2v) is 7.44. The molecule has 134 valence electrons. The molecule has 0 radical (unpaired) electrons. The number of nitrogens with zero attached hydrogens (tertiary/aromatic N) is 2. The highest BCUT2D eigenvalue weighted by molar-refractivity contribution is 7.80. The van der Waals surface area contributed by atoms with Gasteiger partial charge in [0.2, 0.25) is 0 Å². The minimum absolute atomic E-state index is 0.392. The van der Waals surface area contributed by atoms with E-state index in [0.717, 1.165) is 11.3 Å². The number of hydrogen-bond acceptors (Lipinski definition) is 2. The summed E-state index contributed by atoms with van der Waals surface area (Å²) in [5, 5.41) is 12.8. The Labute approximate surface area is 176 Å². The van der Waals surface area contributed by atoms with Crippen molar-refractivity contribution >= 4 is 75.1 Å². The summed E-state index contributed by atoms with van der Waals surface area (Å²) < 4.78 is 1.76. The molecular formula is C17H12Cl4N4S. The zero-order chi connectivity index (χ0) is 18.7. The summed E-state index contributed by atoms with van der Waals surface area (Å²) in [5.74, 6) is 0. The first-order chi connectivity index (χ1) is 12.4. The highest BCUT2D eigenvalue weighted by Gasteiger charge is 2.06. The predicted octanol–water partition coefficient (Wildman–Crippen LogP) is 6.35. The van der Waals surface area contributed by atoms with Gasteiger partial charge in [-0.15, -0.1) is 0 Å². The van der Waals surface area contributed by atoms with Crippen LogP contribution < -0.4 is 10.6 Å². The van der Waals surface area contributed by atoms with Crippen LogP contribution in [0.2, 0.25) is 20.1 Å². The molecule has 0 aliphatic heterocycles. The summed E-state index contributed by atoms with van der Waals surface area (Å²) in [4.78, 5) is 0. The van der Waals surface area contributed by atoms with Crippen molar-refractivity contribution in [2.24, 2.45) is 0 Å². The highest BCUT2D eigenvalue weighted by atomic mass is 35.5. The minimum Gasteiger partial charge on any atom is -0.331 e. The van der Waals surface area contributed by atoms with Gasteiger partial charge in [-0.3, -0.25) is 4.68 Å². The van der Waals surface area contributed by atoms with Crippen LogP contribution >= 0.6 is 58.6 Å². The molecule has 1 heterocycles. The SMILES string of the molecule is S=C(Nc1cnn(Cc2ccc(Cl)c(Cl)c2)c1)Nc1ccc(Cl)cc1Cl. The fourth-order valence-electron chi connectivity index (χ4n) is 2.22. The van der Waals surface area contributed by atoms with Gasteiger partial charge in [-0.05, 0) is 48.1 Å². The van der Waals surface area contributed by atoms with E-state index < -0.39 is 0 Å². The van der Waals surface area contributed by atoms with E-state index in [1.54, 1.807) is 35.1 Å². The Balaban J connectivity index is 1.62. The molecule has 2 aromatic carbocycles. The fraction of sp³-hybridized carbons (Fsp3) is 0.0588. The summed E-state index contributed by atoms with van der Waals surface area (Å²) >= 11 is 29.3. The standard InChI is InChI=1S/C17H12Cl4N4S/c18-11-2-4-16(15(21)6-11)24-17(26)23-12-7-22-25(9-12)8-10-1-3-13(19)14(20)5-10/h1-7,9H,8H2,(H2,23,24,26). The third-order valence-electron chi connectivity index (χ3n) is 3.40. The molecule has 0 saturated heterocycles. The Bertz CT molecular complexity index is 958. The largest absolute Gasteiger partial charge is 0.331 e. The maximum atomic E-state index is 6.12. The molecular weight excluding hydrogens is 434 g/mol. The van der Waals surface area contributed by atoms with Crippen LogP contribution in [-0.2, 0) is 6.54 Å². The zero-order valence-corrected chi connectivity index (χ0v) is 17.0. The Hall–Kier alpha value is -1.50. The fourth-order valence-corrected chi connectivity index (χ4v) is 3.22. The normalized spacial score (nSPS) is 10.6. The topological polar surface area (TPSA) is 41.9 Å². The molecule has 0 saturated carbocycles. The second kappa shape index (κ2) is 8.46. The van der Waals surface area contributed by atoms with Crippen molar-refractivity contribution in [3.63, 3.8) is 0 Å². The third-order valence-corrected chi connectivity index (χ3v) is 4.89. The number of nitrogens with one attached hydrogen (secondary N) is 2. The molecule has 9 heteroatoms. The van der Waals surface area contributed by atoms with E-state index in [4.69, 9.17) is 58.6 Å². The molecule has 0 aliphatic rings. The van der Waals surface area contributed by atoms with Crippen LogP contribution in [0.4, 0.5) is 11.4 Å². The summed E-state index contributed by atoms with van der Waals surface area (Å²) in [5.41, 5.74) is 2.40. The molecule has 3 aromatic rings. The van der Waals surface area contributed by atoms with E-state index in [2.05, 4.69) is 15.7 Å². The van der Waals surface area contributed by atoms with Crippen molar-refractivity contribution in [1.82, 2.24) is 9.78 Å². The molecule has 3 rings (SSSR count). The monoisotopic (exact) mass is 444 g/mol. The van der Waals surface area contributed by atoms with Crippen molar-refractivity contribution in [2.45, 2.75) is 6.54 Å². The lowest BCUT2D eigenvalue weighted by molar-refractivity contribution is 0.687. The first kappa shape index (κ1) is 19.3. The molecule has 0 unspecified atom stereocenters. The molecule has 0 amide bonds. The number of hydrogen-bond donors (Lipinski definition) is 2.